The molecule has 0 aromatic heterocycles. The molecule has 0 spiro atoms. The molecule has 1 aromatic carbocycles. The van der Waals surface area contributed by atoms with Gasteiger partial charge >= 0.3 is 0 Å². The fraction of sp³-hybridized carbons (Fsp3) is 0.538. The quantitative estimate of drug-likeness (QED) is 0.842. The van der Waals surface area contributed by atoms with E-state index in [1.807, 2.05) is 6.07 Å². The zero-order valence-electron chi connectivity index (χ0n) is 9.95. The van der Waals surface area contributed by atoms with Crippen LogP contribution in [0.3, 0.4) is 0 Å². The van der Waals surface area contributed by atoms with E-state index in [-0.39, 0.29) is 0 Å². The molecule has 1 fully saturated rings. The second-order valence-corrected chi connectivity index (χ2v) is 4.30. The first kappa shape index (κ1) is 11.4. The van der Waals surface area contributed by atoms with Gasteiger partial charge in [-0.1, -0.05) is 6.07 Å². The number of nitrogens with one attached hydrogen (secondary N) is 1. The average molecular weight is 221 g/mol. The summed E-state index contributed by atoms with van der Waals surface area (Å²) in [6, 6.07) is 6.81. The van der Waals surface area contributed by atoms with E-state index in [2.05, 4.69) is 24.4 Å². The van der Waals surface area contributed by atoms with Crippen molar-refractivity contribution in [3.05, 3.63) is 29.3 Å². The first-order chi connectivity index (χ1) is 7.78. The van der Waals surface area contributed by atoms with E-state index in [1.54, 1.807) is 7.11 Å². The van der Waals surface area contributed by atoms with Crippen LogP contribution in [0.1, 0.15) is 17.5 Å². The Morgan fingerprint density at radius 3 is 3.00 bits per heavy atom. The number of aryl methyl sites for hydroxylation is 1. The lowest BCUT2D eigenvalue weighted by atomic mass is 10.1. The molecule has 1 aromatic rings. The van der Waals surface area contributed by atoms with Crippen molar-refractivity contribution in [2.75, 3.05) is 20.3 Å². The molecule has 1 aliphatic heterocycles. The van der Waals surface area contributed by atoms with Crippen molar-refractivity contribution in [1.82, 2.24) is 5.32 Å². The van der Waals surface area contributed by atoms with Crippen LogP contribution in [-0.4, -0.2) is 26.4 Å². The van der Waals surface area contributed by atoms with Crippen molar-refractivity contribution in [3.8, 4) is 5.75 Å². The molecule has 1 unspecified atom stereocenters. The van der Waals surface area contributed by atoms with E-state index < -0.39 is 0 Å². The Morgan fingerprint density at radius 1 is 1.44 bits per heavy atom. The molecule has 1 saturated heterocycles. The van der Waals surface area contributed by atoms with Crippen LogP contribution in [0.5, 0.6) is 5.75 Å². The topological polar surface area (TPSA) is 30.5 Å². The van der Waals surface area contributed by atoms with Gasteiger partial charge in [0.2, 0.25) is 0 Å². The lowest BCUT2D eigenvalue weighted by Crippen LogP contribution is -2.28. The van der Waals surface area contributed by atoms with Crippen LogP contribution in [0, 0.1) is 6.92 Å². The highest BCUT2D eigenvalue weighted by molar-refractivity contribution is 5.33. The van der Waals surface area contributed by atoms with Crippen molar-refractivity contribution in [3.63, 3.8) is 0 Å². The zero-order valence-corrected chi connectivity index (χ0v) is 9.95. The van der Waals surface area contributed by atoms with Crippen molar-refractivity contribution in [2.45, 2.75) is 25.9 Å². The predicted molar refractivity (Wildman–Crippen MR) is 63.8 cm³/mol. The Balaban J connectivity index is 1.94. The molecular formula is C13H19NO2. The molecule has 3 nitrogen and oxygen atoms in total. The summed E-state index contributed by atoms with van der Waals surface area (Å²) in [5, 5.41) is 3.50. The Kier molecular flexibility index (Phi) is 3.80. The lowest BCUT2D eigenvalue weighted by Gasteiger charge is -2.12. The molecule has 3 heteroatoms. The summed E-state index contributed by atoms with van der Waals surface area (Å²) in [5.41, 5.74) is 2.50. The Labute approximate surface area is 96.8 Å². The van der Waals surface area contributed by atoms with Gasteiger partial charge in [0.1, 0.15) is 5.75 Å². The third-order valence-corrected chi connectivity index (χ3v) is 2.87. The molecular weight excluding hydrogens is 202 g/mol. The third kappa shape index (κ3) is 2.97. The van der Waals surface area contributed by atoms with Crippen LogP contribution >= 0.6 is 0 Å². The van der Waals surface area contributed by atoms with Crippen molar-refractivity contribution >= 4 is 0 Å². The zero-order chi connectivity index (χ0) is 11.4. The van der Waals surface area contributed by atoms with Gasteiger partial charge in [-0.15, -0.1) is 0 Å². The molecule has 0 amide bonds. The highest BCUT2D eigenvalue weighted by atomic mass is 16.5. The molecule has 0 aliphatic carbocycles. The third-order valence-electron chi connectivity index (χ3n) is 2.87. The van der Waals surface area contributed by atoms with Crippen LogP contribution < -0.4 is 10.1 Å². The van der Waals surface area contributed by atoms with Gasteiger partial charge in [0, 0.05) is 19.2 Å². The van der Waals surface area contributed by atoms with E-state index in [0.29, 0.717) is 6.04 Å². The largest absolute Gasteiger partial charge is 0.497 e. The second-order valence-electron chi connectivity index (χ2n) is 4.30. The fourth-order valence-electron chi connectivity index (χ4n) is 2.00. The number of ether oxygens (including phenoxy) is 2. The van der Waals surface area contributed by atoms with Gasteiger partial charge in [-0.25, -0.2) is 0 Å². The summed E-state index contributed by atoms with van der Waals surface area (Å²) < 4.78 is 10.6. The lowest BCUT2D eigenvalue weighted by molar-refractivity contribution is 0.190. The van der Waals surface area contributed by atoms with Gasteiger partial charge in [-0.3, -0.25) is 0 Å². The predicted octanol–water partition coefficient (Wildman–Crippen LogP) is 1.88. The van der Waals surface area contributed by atoms with Crippen LogP contribution in [0.4, 0.5) is 0 Å². The SMILES string of the molecule is COc1cc(C)cc(CNC2CCOC2)c1. The molecule has 1 aliphatic rings. The number of benzene rings is 1. The Hall–Kier alpha value is -1.06. The molecule has 0 radical (unpaired) electrons. The van der Waals surface area contributed by atoms with Gasteiger partial charge in [0.15, 0.2) is 0 Å². The molecule has 0 saturated carbocycles. The Morgan fingerprint density at radius 2 is 2.31 bits per heavy atom. The van der Waals surface area contributed by atoms with E-state index in [4.69, 9.17) is 9.47 Å². The van der Waals surface area contributed by atoms with E-state index in [9.17, 15) is 0 Å². The Bertz CT molecular complexity index is 346. The number of methoxy groups -OCH3 is 1. The molecule has 88 valence electrons. The summed E-state index contributed by atoms with van der Waals surface area (Å²) in [5.74, 6) is 0.930. The van der Waals surface area contributed by atoms with Crippen LogP contribution in [0.2, 0.25) is 0 Å². The normalized spacial score (nSPS) is 20.0. The molecule has 2 rings (SSSR count). The van der Waals surface area contributed by atoms with Crippen molar-refractivity contribution < 1.29 is 9.47 Å². The number of hydrogen-bond acceptors (Lipinski definition) is 3. The van der Waals surface area contributed by atoms with E-state index >= 15 is 0 Å². The minimum atomic E-state index is 0.506. The highest BCUT2D eigenvalue weighted by Crippen LogP contribution is 2.16. The van der Waals surface area contributed by atoms with Gasteiger partial charge in [-0.2, -0.15) is 0 Å². The van der Waals surface area contributed by atoms with Crippen molar-refractivity contribution in [2.24, 2.45) is 0 Å². The molecule has 16 heavy (non-hydrogen) atoms. The minimum Gasteiger partial charge on any atom is -0.497 e. The average Bonchev–Trinajstić information content (AvgIpc) is 2.78. The van der Waals surface area contributed by atoms with Crippen molar-refractivity contribution in [1.29, 1.82) is 0 Å². The molecule has 0 bridgehead atoms. The van der Waals surface area contributed by atoms with Gasteiger partial charge in [0.05, 0.1) is 13.7 Å². The highest BCUT2D eigenvalue weighted by Gasteiger charge is 2.14. The van der Waals surface area contributed by atoms with E-state index in [0.717, 1.165) is 31.9 Å². The molecule has 1 atom stereocenters. The summed E-state index contributed by atoms with van der Waals surface area (Å²) in [6.07, 6.45) is 1.11. The van der Waals surface area contributed by atoms with E-state index in [1.165, 1.54) is 11.1 Å². The maximum atomic E-state index is 5.33. The maximum absolute atomic E-state index is 5.33. The van der Waals surface area contributed by atoms with Crippen LogP contribution in [-0.2, 0) is 11.3 Å². The fourth-order valence-corrected chi connectivity index (χ4v) is 2.00. The number of rotatable bonds is 4. The standard InChI is InChI=1S/C13H19NO2/c1-10-5-11(7-13(6-10)15-2)8-14-12-3-4-16-9-12/h5-7,12,14H,3-4,8-9H2,1-2H3. The summed E-state index contributed by atoms with van der Waals surface area (Å²) in [7, 11) is 1.71. The summed E-state index contributed by atoms with van der Waals surface area (Å²) in [6.45, 7) is 4.69. The van der Waals surface area contributed by atoms with Gasteiger partial charge in [-0.05, 0) is 36.6 Å². The minimum absolute atomic E-state index is 0.506. The first-order valence-corrected chi connectivity index (χ1v) is 5.73. The monoisotopic (exact) mass is 221 g/mol. The number of hydrogen-bond donors (Lipinski definition) is 1. The maximum Gasteiger partial charge on any atom is 0.119 e. The van der Waals surface area contributed by atoms with Crippen LogP contribution in [0.25, 0.3) is 0 Å². The molecule has 1 N–H and O–H groups in total. The molecule has 1 heterocycles. The smallest absolute Gasteiger partial charge is 0.119 e. The van der Waals surface area contributed by atoms with Gasteiger partial charge < -0.3 is 14.8 Å². The van der Waals surface area contributed by atoms with Crippen LogP contribution in [0.15, 0.2) is 18.2 Å². The second kappa shape index (κ2) is 5.32. The van der Waals surface area contributed by atoms with Gasteiger partial charge in [0.25, 0.3) is 0 Å². The summed E-state index contributed by atoms with van der Waals surface area (Å²) in [4.78, 5) is 0. The first-order valence-electron chi connectivity index (χ1n) is 5.73. The summed E-state index contributed by atoms with van der Waals surface area (Å²) >= 11 is 0.